The van der Waals surface area contributed by atoms with E-state index in [2.05, 4.69) is 15.6 Å². The highest BCUT2D eigenvalue weighted by atomic mass is 32.2. The van der Waals surface area contributed by atoms with E-state index in [0.29, 0.717) is 12.4 Å². The van der Waals surface area contributed by atoms with Gasteiger partial charge < -0.3 is 10.1 Å². The van der Waals surface area contributed by atoms with E-state index in [4.69, 9.17) is 4.74 Å². The highest BCUT2D eigenvalue weighted by molar-refractivity contribution is 7.89. The number of hydrazine groups is 1. The molecule has 0 aliphatic carbocycles. The van der Waals surface area contributed by atoms with E-state index in [9.17, 15) is 18.0 Å². The fourth-order valence-electron chi connectivity index (χ4n) is 2.48. The Morgan fingerprint density at radius 2 is 1.68 bits per heavy atom. The minimum atomic E-state index is -3.94. The van der Waals surface area contributed by atoms with Crippen LogP contribution >= 0.6 is 0 Å². The average molecular weight is 405 g/mol. The average Bonchev–Trinajstić information content (AvgIpc) is 2.67. The van der Waals surface area contributed by atoms with Crippen LogP contribution in [0.1, 0.15) is 31.9 Å². The molecule has 3 N–H and O–H groups in total. The van der Waals surface area contributed by atoms with Crippen molar-refractivity contribution in [2.75, 3.05) is 6.61 Å². The summed E-state index contributed by atoms with van der Waals surface area (Å²) in [5.74, 6) is -0.333. The van der Waals surface area contributed by atoms with Crippen LogP contribution in [0.3, 0.4) is 0 Å². The van der Waals surface area contributed by atoms with Crippen LogP contribution in [0, 0.1) is 0 Å². The lowest BCUT2D eigenvalue weighted by atomic mass is 10.0. The molecule has 0 spiro atoms. The molecule has 150 valence electrons. The Bertz CT molecular complexity index is 899. The Hall–Kier alpha value is -2.91. The van der Waals surface area contributed by atoms with E-state index >= 15 is 0 Å². The molecule has 1 atom stereocenters. The van der Waals surface area contributed by atoms with Gasteiger partial charge in [0.15, 0.2) is 0 Å². The van der Waals surface area contributed by atoms with Gasteiger partial charge in [-0.15, -0.1) is 4.83 Å². The van der Waals surface area contributed by atoms with Crippen molar-refractivity contribution in [3.05, 3.63) is 60.2 Å². The summed E-state index contributed by atoms with van der Waals surface area (Å²) in [4.78, 5) is 25.7. The van der Waals surface area contributed by atoms with Crippen LogP contribution in [0.15, 0.2) is 59.5 Å². The van der Waals surface area contributed by atoms with Crippen LogP contribution < -0.4 is 20.3 Å². The molecule has 0 heterocycles. The largest absolute Gasteiger partial charge is 0.494 e. The first-order valence-corrected chi connectivity index (χ1v) is 10.2. The van der Waals surface area contributed by atoms with Gasteiger partial charge in [0.05, 0.1) is 24.0 Å². The third kappa shape index (κ3) is 6.36. The lowest BCUT2D eigenvalue weighted by molar-refractivity contribution is -0.123. The Kier molecular flexibility index (Phi) is 7.53. The Morgan fingerprint density at radius 3 is 2.25 bits per heavy atom. The van der Waals surface area contributed by atoms with Gasteiger partial charge in [-0.2, -0.15) is 0 Å². The molecule has 9 heteroatoms. The molecule has 0 aliphatic rings. The number of ether oxygens (including phenoxy) is 1. The van der Waals surface area contributed by atoms with Gasteiger partial charge in [-0.05, 0) is 36.8 Å². The summed E-state index contributed by atoms with van der Waals surface area (Å²) in [6.07, 6.45) is -0.130. The molecule has 0 bridgehead atoms. The molecule has 0 aliphatic heterocycles. The topological polar surface area (TPSA) is 114 Å². The Labute approximate surface area is 164 Å². The molecule has 0 fully saturated rings. The van der Waals surface area contributed by atoms with E-state index < -0.39 is 22.0 Å². The van der Waals surface area contributed by atoms with Gasteiger partial charge in [-0.25, -0.2) is 8.42 Å². The summed E-state index contributed by atoms with van der Waals surface area (Å²) in [7, 11) is -3.94. The van der Waals surface area contributed by atoms with E-state index in [1.807, 2.05) is 13.0 Å². The fraction of sp³-hybridized carbons (Fsp3) is 0.263. The normalized spacial score (nSPS) is 12.1. The molecule has 2 amide bonds. The summed E-state index contributed by atoms with van der Waals surface area (Å²) >= 11 is 0. The molecule has 2 rings (SSSR count). The van der Waals surface area contributed by atoms with Gasteiger partial charge in [-0.1, -0.05) is 30.3 Å². The van der Waals surface area contributed by atoms with E-state index in [0.717, 1.165) is 5.56 Å². The van der Waals surface area contributed by atoms with Crippen LogP contribution in [0.2, 0.25) is 0 Å². The molecular formula is C19H23N3O5S. The molecule has 0 aromatic heterocycles. The van der Waals surface area contributed by atoms with Crippen molar-refractivity contribution in [1.82, 2.24) is 15.6 Å². The molecule has 0 saturated carbocycles. The van der Waals surface area contributed by atoms with Gasteiger partial charge in [-0.3, -0.25) is 15.0 Å². The monoisotopic (exact) mass is 405 g/mol. The maximum atomic E-state index is 12.3. The first kappa shape index (κ1) is 21.4. The number of nitrogens with one attached hydrogen (secondary N) is 3. The van der Waals surface area contributed by atoms with Crippen molar-refractivity contribution in [2.45, 2.75) is 31.2 Å². The first-order chi connectivity index (χ1) is 13.3. The van der Waals surface area contributed by atoms with Crippen LogP contribution in [0.25, 0.3) is 0 Å². The van der Waals surface area contributed by atoms with Crippen LogP contribution in [0.5, 0.6) is 5.75 Å². The fourth-order valence-corrected chi connectivity index (χ4v) is 3.34. The van der Waals surface area contributed by atoms with Crippen molar-refractivity contribution in [1.29, 1.82) is 0 Å². The quantitative estimate of drug-likeness (QED) is 0.549. The van der Waals surface area contributed by atoms with Crippen LogP contribution in [-0.2, 0) is 19.6 Å². The maximum Gasteiger partial charge on any atom is 0.257 e. The summed E-state index contributed by atoms with van der Waals surface area (Å²) in [5, 5.41) is 2.68. The zero-order valence-electron chi connectivity index (χ0n) is 15.6. The second kappa shape index (κ2) is 9.86. The predicted molar refractivity (Wildman–Crippen MR) is 104 cm³/mol. The number of rotatable bonds is 9. The number of hydrogen-bond acceptors (Lipinski definition) is 5. The maximum absolute atomic E-state index is 12.3. The van der Waals surface area contributed by atoms with Crippen molar-refractivity contribution >= 4 is 21.8 Å². The van der Waals surface area contributed by atoms with E-state index in [1.165, 1.54) is 31.2 Å². The molecular weight excluding hydrogens is 382 g/mol. The zero-order valence-corrected chi connectivity index (χ0v) is 16.5. The van der Waals surface area contributed by atoms with Gasteiger partial charge in [0.2, 0.25) is 11.8 Å². The second-order valence-electron chi connectivity index (χ2n) is 5.93. The zero-order chi connectivity index (χ0) is 20.6. The number of carbonyl (C=O) groups excluding carboxylic acids is 2. The standard InChI is InChI=1S/C19H23N3O5S/c1-3-27-16-9-11-17(12-10-16)28(25,26)22-21-19(24)13-18(20-14(2)23)15-7-5-4-6-8-15/h4-12,18,22H,3,13H2,1-2H3,(H,20,23)(H,21,24)/t18-/m1/s1. The van der Waals surface area contributed by atoms with Crippen molar-refractivity contribution in [2.24, 2.45) is 0 Å². The predicted octanol–water partition coefficient (Wildman–Crippen LogP) is 1.66. The minimum Gasteiger partial charge on any atom is -0.494 e. The Morgan fingerprint density at radius 1 is 1.04 bits per heavy atom. The van der Waals surface area contributed by atoms with Crippen molar-refractivity contribution in [3.8, 4) is 5.75 Å². The third-order valence-corrected chi connectivity index (χ3v) is 5.00. The summed E-state index contributed by atoms with van der Waals surface area (Å²) in [6, 6.07) is 14.2. The van der Waals surface area contributed by atoms with E-state index in [1.54, 1.807) is 24.3 Å². The van der Waals surface area contributed by atoms with Crippen molar-refractivity contribution in [3.63, 3.8) is 0 Å². The first-order valence-electron chi connectivity index (χ1n) is 8.67. The van der Waals surface area contributed by atoms with E-state index in [-0.39, 0.29) is 17.2 Å². The van der Waals surface area contributed by atoms with Gasteiger partial charge >= 0.3 is 0 Å². The third-order valence-electron chi connectivity index (χ3n) is 3.74. The molecule has 0 radical (unpaired) electrons. The molecule has 2 aromatic rings. The van der Waals surface area contributed by atoms with Gasteiger partial charge in [0, 0.05) is 6.92 Å². The SMILES string of the molecule is CCOc1ccc(S(=O)(=O)NNC(=O)C[C@@H](NC(C)=O)c2ccccc2)cc1. The second-order valence-corrected chi connectivity index (χ2v) is 7.61. The van der Waals surface area contributed by atoms with Gasteiger partial charge in [0.25, 0.3) is 10.0 Å². The summed E-state index contributed by atoms with van der Waals surface area (Å²) in [6.45, 7) is 3.64. The minimum absolute atomic E-state index is 0.0160. The molecule has 2 aromatic carbocycles. The summed E-state index contributed by atoms with van der Waals surface area (Å²) in [5.41, 5.74) is 2.91. The smallest absolute Gasteiger partial charge is 0.257 e. The van der Waals surface area contributed by atoms with Crippen LogP contribution in [-0.4, -0.2) is 26.8 Å². The van der Waals surface area contributed by atoms with Crippen LogP contribution in [0.4, 0.5) is 0 Å². The number of sulfonamides is 1. The summed E-state index contributed by atoms with van der Waals surface area (Å²) < 4.78 is 29.9. The number of hydrogen-bond donors (Lipinski definition) is 3. The van der Waals surface area contributed by atoms with Crippen molar-refractivity contribution < 1.29 is 22.7 Å². The molecule has 0 unspecified atom stereocenters. The number of benzene rings is 2. The number of carbonyl (C=O) groups is 2. The molecule has 0 saturated heterocycles. The molecule has 8 nitrogen and oxygen atoms in total. The molecule has 28 heavy (non-hydrogen) atoms. The Balaban J connectivity index is 1.99. The highest BCUT2D eigenvalue weighted by Crippen LogP contribution is 2.17. The highest BCUT2D eigenvalue weighted by Gasteiger charge is 2.19. The number of amides is 2. The van der Waals surface area contributed by atoms with Gasteiger partial charge in [0.1, 0.15) is 5.75 Å². The lowest BCUT2D eigenvalue weighted by Crippen LogP contribution is -2.43. The lowest BCUT2D eigenvalue weighted by Gasteiger charge is -2.18.